The van der Waals surface area contributed by atoms with Crippen LogP contribution in [0.1, 0.15) is 54.4 Å². The zero-order valence-electron chi connectivity index (χ0n) is 16.9. The largest absolute Gasteiger partial charge is 0.326 e. The van der Waals surface area contributed by atoms with Crippen molar-refractivity contribution in [3.05, 3.63) is 46.2 Å². The third kappa shape index (κ3) is 4.04. The van der Waals surface area contributed by atoms with Crippen molar-refractivity contribution in [2.45, 2.75) is 47.0 Å². The molecule has 0 aliphatic heterocycles. The number of carbonyl (C=O) groups excluding carboxylic acids is 2. The third-order valence-electron chi connectivity index (χ3n) is 4.31. The number of hydrogen-bond acceptors (Lipinski definition) is 5. The molecule has 0 bridgehead atoms. The second-order valence-electron chi connectivity index (χ2n) is 7.83. The topological polar surface area (TPSA) is 84.0 Å². The first kappa shape index (κ1) is 19.9. The van der Waals surface area contributed by atoms with Crippen molar-refractivity contribution in [1.82, 2.24) is 9.97 Å². The summed E-state index contributed by atoms with van der Waals surface area (Å²) >= 11 is 1.39. The standard InChI is InChI=1S/C21H24N4O2S/c1-11-16-12(2)22-20(21(4,5)6)25-19(16)28-17(11)18(27)24-15-9-7-14(8-10-15)23-13(3)26/h7-10H,1-6H3,(H,23,26)(H,24,27). The Morgan fingerprint density at radius 2 is 1.54 bits per heavy atom. The molecule has 0 saturated heterocycles. The van der Waals surface area contributed by atoms with Crippen LogP contribution in [-0.4, -0.2) is 21.8 Å². The van der Waals surface area contributed by atoms with Gasteiger partial charge < -0.3 is 10.6 Å². The molecule has 146 valence electrons. The molecule has 2 amide bonds. The van der Waals surface area contributed by atoms with Gasteiger partial charge in [0.25, 0.3) is 5.91 Å². The van der Waals surface area contributed by atoms with Crippen LogP contribution in [0.2, 0.25) is 0 Å². The van der Waals surface area contributed by atoms with Crippen molar-refractivity contribution in [3.8, 4) is 0 Å². The molecule has 3 rings (SSSR count). The van der Waals surface area contributed by atoms with E-state index >= 15 is 0 Å². The molecule has 0 fully saturated rings. The molecule has 0 unspecified atom stereocenters. The first-order chi connectivity index (χ1) is 13.1. The fourth-order valence-electron chi connectivity index (χ4n) is 2.92. The van der Waals surface area contributed by atoms with E-state index in [-0.39, 0.29) is 17.2 Å². The molecule has 0 spiro atoms. The Morgan fingerprint density at radius 1 is 0.964 bits per heavy atom. The van der Waals surface area contributed by atoms with Gasteiger partial charge in [0.05, 0.1) is 10.6 Å². The Balaban J connectivity index is 1.90. The summed E-state index contributed by atoms with van der Waals surface area (Å²) in [5, 5.41) is 6.57. The van der Waals surface area contributed by atoms with Gasteiger partial charge in [-0.05, 0) is 43.7 Å². The number of fused-ring (bicyclic) bond motifs is 1. The van der Waals surface area contributed by atoms with Crippen LogP contribution in [0.3, 0.4) is 0 Å². The number of aryl methyl sites for hydroxylation is 2. The normalized spacial score (nSPS) is 11.5. The second kappa shape index (κ2) is 7.31. The maximum Gasteiger partial charge on any atom is 0.266 e. The van der Waals surface area contributed by atoms with Crippen molar-refractivity contribution in [1.29, 1.82) is 0 Å². The smallest absolute Gasteiger partial charge is 0.266 e. The summed E-state index contributed by atoms with van der Waals surface area (Å²) in [6, 6.07) is 7.02. The highest BCUT2D eigenvalue weighted by atomic mass is 32.1. The van der Waals surface area contributed by atoms with Gasteiger partial charge in [-0.3, -0.25) is 9.59 Å². The van der Waals surface area contributed by atoms with Crippen molar-refractivity contribution < 1.29 is 9.59 Å². The summed E-state index contributed by atoms with van der Waals surface area (Å²) in [6.07, 6.45) is 0. The molecular weight excluding hydrogens is 372 g/mol. The average Bonchev–Trinajstić information content (AvgIpc) is 2.93. The van der Waals surface area contributed by atoms with Crippen LogP contribution >= 0.6 is 11.3 Å². The van der Waals surface area contributed by atoms with Gasteiger partial charge in [-0.15, -0.1) is 11.3 Å². The number of amides is 2. The average molecular weight is 397 g/mol. The van der Waals surface area contributed by atoms with Gasteiger partial charge in [0.15, 0.2) is 0 Å². The summed E-state index contributed by atoms with van der Waals surface area (Å²) < 4.78 is 0. The Kier molecular flexibility index (Phi) is 5.21. The first-order valence-electron chi connectivity index (χ1n) is 9.03. The van der Waals surface area contributed by atoms with Gasteiger partial charge in [-0.1, -0.05) is 20.8 Å². The molecular formula is C21H24N4O2S. The molecule has 7 heteroatoms. The maximum atomic E-state index is 12.8. The number of nitrogens with zero attached hydrogens (tertiary/aromatic N) is 2. The number of aromatic nitrogens is 2. The highest BCUT2D eigenvalue weighted by Crippen LogP contribution is 2.33. The van der Waals surface area contributed by atoms with E-state index in [4.69, 9.17) is 4.98 Å². The van der Waals surface area contributed by atoms with Gasteiger partial charge in [-0.2, -0.15) is 0 Å². The number of rotatable bonds is 3. The summed E-state index contributed by atoms with van der Waals surface area (Å²) in [6.45, 7) is 11.6. The van der Waals surface area contributed by atoms with E-state index < -0.39 is 0 Å². The molecule has 3 aromatic rings. The maximum absolute atomic E-state index is 12.8. The van der Waals surface area contributed by atoms with E-state index in [0.717, 1.165) is 27.3 Å². The van der Waals surface area contributed by atoms with Crippen molar-refractivity contribution in [2.75, 3.05) is 10.6 Å². The Morgan fingerprint density at radius 3 is 2.07 bits per heavy atom. The van der Waals surface area contributed by atoms with E-state index in [9.17, 15) is 9.59 Å². The Hall–Kier alpha value is -2.80. The fraction of sp³-hybridized carbons (Fsp3) is 0.333. The molecule has 1 aromatic carbocycles. The van der Waals surface area contributed by atoms with Crippen LogP contribution in [0.15, 0.2) is 24.3 Å². The Labute approximate surface area is 168 Å². The number of hydrogen-bond donors (Lipinski definition) is 2. The number of nitrogens with one attached hydrogen (secondary N) is 2. The summed E-state index contributed by atoms with van der Waals surface area (Å²) in [4.78, 5) is 34.8. The lowest BCUT2D eigenvalue weighted by Gasteiger charge is -2.16. The van der Waals surface area contributed by atoms with Gasteiger partial charge in [0.2, 0.25) is 5.91 Å². The van der Waals surface area contributed by atoms with Gasteiger partial charge >= 0.3 is 0 Å². The molecule has 0 aliphatic carbocycles. The highest BCUT2D eigenvalue weighted by Gasteiger charge is 2.23. The quantitative estimate of drug-likeness (QED) is 0.665. The lowest BCUT2D eigenvalue weighted by atomic mass is 9.95. The number of benzene rings is 1. The molecule has 2 N–H and O–H groups in total. The molecule has 0 saturated carbocycles. The van der Waals surface area contributed by atoms with Crippen LogP contribution in [0.25, 0.3) is 10.2 Å². The predicted molar refractivity (Wildman–Crippen MR) is 114 cm³/mol. The lowest BCUT2D eigenvalue weighted by Crippen LogP contribution is -2.16. The molecule has 2 heterocycles. The van der Waals surface area contributed by atoms with E-state index in [1.165, 1.54) is 18.3 Å². The van der Waals surface area contributed by atoms with Crippen LogP contribution in [0, 0.1) is 13.8 Å². The fourth-order valence-corrected chi connectivity index (χ4v) is 4.05. The van der Waals surface area contributed by atoms with Crippen LogP contribution in [0.5, 0.6) is 0 Å². The van der Waals surface area contributed by atoms with E-state index in [2.05, 4.69) is 36.4 Å². The van der Waals surface area contributed by atoms with Crippen LogP contribution in [0.4, 0.5) is 11.4 Å². The zero-order valence-corrected chi connectivity index (χ0v) is 17.7. The van der Waals surface area contributed by atoms with E-state index in [1.54, 1.807) is 24.3 Å². The number of thiophene rings is 1. The molecule has 6 nitrogen and oxygen atoms in total. The monoisotopic (exact) mass is 396 g/mol. The minimum Gasteiger partial charge on any atom is -0.326 e. The van der Waals surface area contributed by atoms with Crippen molar-refractivity contribution in [3.63, 3.8) is 0 Å². The summed E-state index contributed by atoms with van der Waals surface area (Å²) in [5.74, 6) is 0.465. The Bertz CT molecular complexity index is 1060. The summed E-state index contributed by atoms with van der Waals surface area (Å²) in [7, 11) is 0. The van der Waals surface area contributed by atoms with Crippen molar-refractivity contribution >= 4 is 44.7 Å². The van der Waals surface area contributed by atoms with Gasteiger partial charge in [-0.25, -0.2) is 9.97 Å². The summed E-state index contributed by atoms with van der Waals surface area (Å²) in [5.41, 5.74) is 2.97. The molecule has 0 atom stereocenters. The highest BCUT2D eigenvalue weighted by molar-refractivity contribution is 7.20. The third-order valence-corrected chi connectivity index (χ3v) is 5.50. The zero-order chi connectivity index (χ0) is 20.6. The van der Waals surface area contributed by atoms with Crippen LogP contribution < -0.4 is 10.6 Å². The number of carbonyl (C=O) groups is 2. The van der Waals surface area contributed by atoms with Crippen LogP contribution in [-0.2, 0) is 10.2 Å². The molecule has 28 heavy (non-hydrogen) atoms. The lowest BCUT2D eigenvalue weighted by molar-refractivity contribution is -0.114. The second-order valence-corrected chi connectivity index (χ2v) is 8.83. The van der Waals surface area contributed by atoms with E-state index in [0.29, 0.717) is 16.3 Å². The molecule has 0 aliphatic rings. The molecule has 0 radical (unpaired) electrons. The van der Waals surface area contributed by atoms with Gasteiger partial charge in [0, 0.05) is 29.1 Å². The number of anilines is 2. The van der Waals surface area contributed by atoms with Gasteiger partial charge in [0.1, 0.15) is 10.7 Å². The predicted octanol–water partition coefficient (Wildman–Crippen LogP) is 4.82. The van der Waals surface area contributed by atoms with E-state index in [1.807, 2.05) is 13.8 Å². The molecule has 2 aromatic heterocycles. The SMILES string of the molecule is CC(=O)Nc1ccc(NC(=O)c2sc3nc(C(C)(C)C)nc(C)c3c2C)cc1. The first-order valence-corrected chi connectivity index (χ1v) is 9.85. The minimum absolute atomic E-state index is 0.135. The minimum atomic E-state index is -0.176. The van der Waals surface area contributed by atoms with Crippen molar-refractivity contribution in [2.24, 2.45) is 0 Å².